The minimum atomic E-state index is -0.945. The van der Waals surface area contributed by atoms with E-state index in [1.54, 1.807) is 0 Å². The quantitative estimate of drug-likeness (QED) is 0.508. The summed E-state index contributed by atoms with van der Waals surface area (Å²) < 4.78 is 6.62. The summed E-state index contributed by atoms with van der Waals surface area (Å²) in [5.74, 6) is -0.705. The number of amides is 3. The molecule has 0 aromatic heterocycles. The first-order valence-corrected chi connectivity index (χ1v) is 9.10. The molecule has 1 spiro atoms. The van der Waals surface area contributed by atoms with Crippen LogP contribution in [0.4, 0.5) is 4.79 Å². The second-order valence-electron chi connectivity index (χ2n) is 7.26. The van der Waals surface area contributed by atoms with E-state index in [9.17, 15) is 14.4 Å². The number of hydrogen-bond acceptors (Lipinski definition) is 4. The number of urea groups is 1. The van der Waals surface area contributed by atoms with Crippen LogP contribution in [0.25, 0.3) is 0 Å². The second-order valence-corrected chi connectivity index (χ2v) is 7.77. The molecule has 1 aromatic carbocycles. The normalized spacial score (nSPS) is 35.7. The van der Waals surface area contributed by atoms with Crippen LogP contribution in [0.3, 0.4) is 0 Å². The van der Waals surface area contributed by atoms with Gasteiger partial charge in [0.15, 0.2) is 0 Å². The van der Waals surface area contributed by atoms with Crippen LogP contribution in [0.1, 0.15) is 31.7 Å². The summed E-state index contributed by atoms with van der Waals surface area (Å²) in [5.41, 5.74) is -0.640. The Kier molecular flexibility index (Phi) is 3.66. The van der Waals surface area contributed by atoms with Crippen LogP contribution in [0.2, 0.25) is 0 Å². The number of rotatable bonds is 4. The van der Waals surface area contributed by atoms with Crippen molar-refractivity contribution in [3.63, 3.8) is 0 Å². The van der Waals surface area contributed by atoms with Crippen LogP contribution < -0.4 is 5.32 Å². The zero-order valence-corrected chi connectivity index (χ0v) is 15.2. The van der Waals surface area contributed by atoms with Gasteiger partial charge in [-0.25, -0.2) is 9.46 Å². The van der Waals surface area contributed by atoms with Gasteiger partial charge in [0.25, 0.3) is 5.91 Å². The molecule has 132 valence electrons. The van der Waals surface area contributed by atoms with Crippen LogP contribution in [-0.4, -0.2) is 28.1 Å². The van der Waals surface area contributed by atoms with E-state index < -0.39 is 17.0 Å². The first kappa shape index (κ1) is 16.5. The molecule has 1 N–H and O–H groups in total. The number of esters is 1. The Morgan fingerprint density at radius 3 is 2.64 bits per heavy atom. The SMILES string of the molecule is CCC1CC2(C(=O)OCc3ccccc3)CC2C12NC(=O)N(P)C2=O. The fourth-order valence-corrected chi connectivity index (χ4v) is 5.03. The molecule has 3 aliphatic rings. The minimum absolute atomic E-state index is 0.0440. The third-order valence-electron chi connectivity index (χ3n) is 6.10. The van der Waals surface area contributed by atoms with Gasteiger partial charge < -0.3 is 10.1 Å². The Labute approximate surface area is 148 Å². The van der Waals surface area contributed by atoms with E-state index in [1.807, 2.05) is 37.3 Å². The second kappa shape index (κ2) is 5.53. The van der Waals surface area contributed by atoms with Gasteiger partial charge in [-0.2, -0.15) is 0 Å². The largest absolute Gasteiger partial charge is 0.460 e. The predicted molar refractivity (Wildman–Crippen MR) is 93.0 cm³/mol. The summed E-state index contributed by atoms with van der Waals surface area (Å²) >= 11 is 0. The molecule has 5 atom stereocenters. The number of hydrogen-bond donors (Lipinski definition) is 1. The first-order valence-electron chi connectivity index (χ1n) is 8.58. The number of imide groups is 1. The average molecular weight is 360 g/mol. The van der Waals surface area contributed by atoms with Crippen molar-refractivity contribution < 1.29 is 19.1 Å². The Balaban J connectivity index is 1.54. The van der Waals surface area contributed by atoms with Gasteiger partial charge in [-0.3, -0.25) is 9.59 Å². The van der Waals surface area contributed by atoms with Crippen LogP contribution >= 0.6 is 9.39 Å². The molecular formula is C18H21N2O4P. The summed E-state index contributed by atoms with van der Waals surface area (Å²) in [6, 6.07) is 9.13. The molecule has 2 saturated carbocycles. The number of ether oxygens (including phenoxy) is 1. The lowest BCUT2D eigenvalue weighted by atomic mass is 9.81. The molecule has 5 unspecified atom stereocenters. The Hall–Kier alpha value is -1.94. The van der Waals surface area contributed by atoms with E-state index in [0.717, 1.165) is 16.7 Å². The van der Waals surface area contributed by atoms with Gasteiger partial charge in [0.2, 0.25) is 0 Å². The highest BCUT2D eigenvalue weighted by Crippen LogP contribution is 2.71. The summed E-state index contributed by atoms with van der Waals surface area (Å²) in [4.78, 5) is 37.6. The van der Waals surface area contributed by atoms with Crippen molar-refractivity contribution in [3.8, 4) is 0 Å². The van der Waals surface area contributed by atoms with Gasteiger partial charge in [-0.05, 0) is 33.7 Å². The number of fused-ring (bicyclic) bond motifs is 2. The lowest BCUT2D eigenvalue weighted by molar-refractivity contribution is -0.152. The molecule has 1 aromatic rings. The van der Waals surface area contributed by atoms with Gasteiger partial charge in [-0.15, -0.1) is 0 Å². The summed E-state index contributed by atoms with van der Waals surface area (Å²) in [5, 5.41) is 2.88. The van der Waals surface area contributed by atoms with Crippen molar-refractivity contribution in [2.75, 3.05) is 0 Å². The first-order chi connectivity index (χ1) is 12.0. The van der Waals surface area contributed by atoms with Crippen molar-refractivity contribution in [1.29, 1.82) is 0 Å². The highest BCUT2D eigenvalue weighted by atomic mass is 31.0. The molecule has 7 heteroatoms. The van der Waals surface area contributed by atoms with E-state index in [-0.39, 0.29) is 30.3 Å². The van der Waals surface area contributed by atoms with Gasteiger partial charge in [0.05, 0.1) is 5.41 Å². The van der Waals surface area contributed by atoms with Gasteiger partial charge in [0.1, 0.15) is 12.1 Å². The standard InChI is InChI=1S/C18H21N2O4P/c1-2-12-8-17(15(22)24-10-11-6-4-3-5-7-11)9-13(17)18(12)14(21)20(25)16(23)19-18/h3-7,12-13H,2,8-10,25H2,1H3,(H,19,23). The molecule has 25 heavy (non-hydrogen) atoms. The maximum absolute atomic E-state index is 12.8. The monoisotopic (exact) mass is 360 g/mol. The fraction of sp³-hybridized carbons (Fsp3) is 0.500. The summed E-state index contributed by atoms with van der Waals surface area (Å²) in [7, 11) is 2.18. The minimum Gasteiger partial charge on any atom is -0.460 e. The summed E-state index contributed by atoms with van der Waals surface area (Å²) in [6.45, 7) is 2.22. The van der Waals surface area contributed by atoms with E-state index in [0.29, 0.717) is 12.8 Å². The predicted octanol–water partition coefficient (Wildman–Crippen LogP) is 2.25. The van der Waals surface area contributed by atoms with Crippen molar-refractivity contribution in [3.05, 3.63) is 35.9 Å². The topological polar surface area (TPSA) is 75.7 Å². The number of benzene rings is 1. The molecule has 1 saturated heterocycles. The zero-order valence-electron chi connectivity index (χ0n) is 14.0. The molecule has 3 amide bonds. The Morgan fingerprint density at radius 2 is 2.04 bits per heavy atom. The number of nitrogens with one attached hydrogen (secondary N) is 1. The lowest BCUT2D eigenvalue weighted by Crippen LogP contribution is -2.52. The lowest BCUT2D eigenvalue weighted by Gasteiger charge is -2.30. The number of nitrogens with zero attached hydrogens (tertiary/aromatic N) is 1. The molecule has 3 fully saturated rings. The van der Waals surface area contributed by atoms with Crippen molar-refractivity contribution >= 4 is 27.3 Å². The fourth-order valence-electron chi connectivity index (χ4n) is 4.75. The van der Waals surface area contributed by atoms with Crippen molar-refractivity contribution in [2.24, 2.45) is 17.3 Å². The number of carbonyl (C=O) groups is 3. The third kappa shape index (κ3) is 2.16. The molecule has 6 nitrogen and oxygen atoms in total. The smallest absolute Gasteiger partial charge is 0.327 e. The van der Waals surface area contributed by atoms with Gasteiger partial charge in [-0.1, -0.05) is 43.7 Å². The summed E-state index contributed by atoms with van der Waals surface area (Å²) in [6.07, 6.45) is 1.92. The Morgan fingerprint density at radius 1 is 1.32 bits per heavy atom. The van der Waals surface area contributed by atoms with Crippen LogP contribution in [0.15, 0.2) is 30.3 Å². The Bertz CT molecular complexity index is 755. The van der Waals surface area contributed by atoms with Gasteiger partial charge >= 0.3 is 12.0 Å². The molecule has 2 aliphatic carbocycles. The maximum atomic E-state index is 12.8. The third-order valence-corrected chi connectivity index (χ3v) is 6.57. The van der Waals surface area contributed by atoms with Crippen molar-refractivity contribution in [2.45, 2.75) is 38.3 Å². The molecule has 1 aliphatic heterocycles. The van der Waals surface area contributed by atoms with E-state index in [2.05, 4.69) is 14.7 Å². The van der Waals surface area contributed by atoms with Crippen LogP contribution in [0.5, 0.6) is 0 Å². The highest BCUT2D eigenvalue weighted by Gasteiger charge is 2.80. The molecule has 0 bridgehead atoms. The molecule has 0 radical (unpaired) electrons. The van der Waals surface area contributed by atoms with E-state index in [4.69, 9.17) is 4.74 Å². The van der Waals surface area contributed by atoms with Crippen LogP contribution in [-0.2, 0) is 20.9 Å². The zero-order chi connectivity index (χ0) is 17.8. The maximum Gasteiger partial charge on any atom is 0.327 e. The molecule has 4 rings (SSSR count). The van der Waals surface area contributed by atoms with Gasteiger partial charge in [0, 0.05) is 5.92 Å². The van der Waals surface area contributed by atoms with Crippen LogP contribution in [0, 0.1) is 17.3 Å². The molecular weight excluding hydrogens is 339 g/mol. The van der Waals surface area contributed by atoms with Crippen molar-refractivity contribution in [1.82, 2.24) is 9.99 Å². The average Bonchev–Trinajstić information content (AvgIpc) is 3.25. The number of carbonyl (C=O) groups excluding carboxylic acids is 3. The van der Waals surface area contributed by atoms with E-state index in [1.165, 1.54) is 0 Å². The molecule has 1 heterocycles. The highest BCUT2D eigenvalue weighted by molar-refractivity contribution is 7.16. The van der Waals surface area contributed by atoms with E-state index >= 15 is 0 Å².